The molecule has 17 heteroatoms. The summed E-state index contributed by atoms with van der Waals surface area (Å²) in [6.07, 6.45) is 1.66. The molecule has 16 nitrogen and oxygen atoms in total. The zero-order chi connectivity index (χ0) is 43.6. The van der Waals surface area contributed by atoms with Crippen LogP contribution in [0.4, 0.5) is 11.4 Å². The molecule has 346 valence electrons. The van der Waals surface area contributed by atoms with Crippen LogP contribution in [0.3, 0.4) is 0 Å². The quantitative estimate of drug-likeness (QED) is 0.0695. The van der Waals surface area contributed by atoms with Gasteiger partial charge in [0.25, 0.3) is 0 Å². The molecule has 61 heavy (non-hydrogen) atoms. The van der Waals surface area contributed by atoms with Crippen LogP contribution >= 0.6 is 11.6 Å². The lowest BCUT2D eigenvalue weighted by atomic mass is 9.89. The first-order valence-corrected chi connectivity index (χ1v) is 21.8. The van der Waals surface area contributed by atoms with Gasteiger partial charge in [0.05, 0.1) is 145 Å². The fourth-order valence-electron chi connectivity index (χ4n) is 6.26. The van der Waals surface area contributed by atoms with Gasteiger partial charge in [0.15, 0.2) is 5.78 Å². The minimum Gasteiger partial charge on any atom is -0.379 e. The summed E-state index contributed by atoms with van der Waals surface area (Å²) in [5, 5.41) is 4.23. The number of carbonyl (C=O) groups excluding carboxylic acids is 2. The van der Waals surface area contributed by atoms with Gasteiger partial charge in [-0.25, -0.2) is 0 Å². The lowest BCUT2D eigenvalue weighted by Crippen LogP contribution is -2.43. The van der Waals surface area contributed by atoms with Crippen LogP contribution in [0.5, 0.6) is 0 Å². The minimum atomic E-state index is -0.0656. The lowest BCUT2D eigenvalue weighted by Gasteiger charge is -2.39. The summed E-state index contributed by atoms with van der Waals surface area (Å²) in [4.78, 5) is 27.5. The molecule has 0 saturated heterocycles. The molecule has 0 spiro atoms. The number of carbonyl (C=O) groups is 2. The summed E-state index contributed by atoms with van der Waals surface area (Å²) in [5.74, 6) is 0.0140. The number of hydrogen-bond donors (Lipinski definition) is 2. The summed E-state index contributed by atoms with van der Waals surface area (Å²) >= 11 is 6.08. The molecule has 2 aromatic carbocycles. The predicted octanol–water partition coefficient (Wildman–Crippen LogP) is 4.74. The van der Waals surface area contributed by atoms with E-state index in [4.69, 9.17) is 69.4 Å². The number of amides is 1. The molecule has 2 aromatic rings. The van der Waals surface area contributed by atoms with Crippen molar-refractivity contribution in [1.29, 1.82) is 0 Å². The summed E-state index contributed by atoms with van der Waals surface area (Å²) in [6.45, 7) is 14.9. The van der Waals surface area contributed by atoms with Gasteiger partial charge in [-0.15, -0.1) is 0 Å². The normalized spacial score (nSPS) is 15.0. The number of ketones is 1. The highest BCUT2D eigenvalue weighted by Crippen LogP contribution is 2.40. The van der Waals surface area contributed by atoms with Gasteiger partial charge in [-0.1, -0.05) is 11.6 Å². The van der Waals surface area contributed by atoms with E-state index in [1.54, 1.807) is 6.92 Å². The van der Waals surface area contributed by atoms with Crippen LogP contribution in [0, 0.1) is 0 Å². The van der Waals surface area contributed by atoms with E-state index in [2.05, 4.69) is 5.32 Å². The molecule has 3 N–H and O–H groups in total. The highest BCUT2D eigenvalue weighted by atomic mass is 35.5. The van der Waals surface area contributed by atoms with Gasteiger partial charge in [-0.05, 0) is 67.8 Å². The Kier molecular flexibility index (Phi) is 29.8. The van der Waals surface area contributed by atoms with Gasteiger partial charge in [-0.3, -0.25) is 9.59 Å². The van der Waals surface area contributed by atoms with Crippen LogP contribution in [0.2, 0.25) is 5.02 Å². The van der Waals surface area contributed by atoms with E-state index in [9.17, 15) is 9.59 Å². The van der Waals surface area contributed by atoms with E-state index in [0.29, 0.717) is 182 Å². The van der Waals surface area contributed by atoms with E-state index < -0.39 is 0 Å². The number of halogens is 1. The van der Waals surface area contributed by atoms with Gasteiger partial charge in [0.1, 0.15) is 0 Å². The molecule has 0 saturated carbocycles. The zero-order valence-electron chi connectivity index (χ0n) is 36.3. The van der Waals surface area contributed by atoms with Crippen molar-refractivity contribution in [1.82, 2.24) is 0 Å². The molecular weight excluding hydrogens is 814 g/mol. The maximum absolute atomic E-state index is 13.1. The fraction of sp³-hybridized carbons (Fsp3) is 0.682. The van der Waals surface area contributed by atoms with Crippen molar-refractivity contribution in [2.75, 3.05) is 162 Å². The van der Waals surface area contributed by atoms with E-state index in [1.807, 2.05) is 54.3 Å². The maximum Gasteiger partial charge on any atom is 0.224 e. The Morgan fingerprint density at radius 2 is 1.00 bits per heavy atom. The van der Waals surface area contributed by atoms with Crippen molar-refractivity contribution in [2.45, 2.75) is 45.2 Å². The second-order valence-corrected chi connectivity index (χ2v) is 14.4. The van der Waals surface area contributed by atoms with Crippen molar-refractivity contribution in [3.8, 4) is 0 Å². The largest absolute Gasteiger partial charge is 0.379 e. The zero-order valence-corrected chi connectivity index (χ0v) is 37.0. The first kappa shape index (κ1) is 52.5. The Labute approximate surface area is 367 Å². The second kappa shape index (κ2) is 34.6. The van der Waals surface area contributed by atoms with Gasteiger partial charge >= 0.3 is 0 Å². The van der Waals surface area contributed by atoms with E-state index >= 15 is 0 Å². The number of nitrogens with zero attached hydrogens (tertiary/aromatic N) is 1. The molecule has 0 unspecified atom stereocenters. The molecular formula is C44H70ClN3O13. The number of nitrogens with one attached hydrogen (secondary N) is 1. The van der Waals surface area contributed by atoms with E-state index in [0.717, 1.165) is 16.9 Å². The third-order valence-electron chi connectivity index (χ3n) is 9.20. The van der Waals surface area contributed by atoms with Gasteiger partial charge < -0.3 is 68.1 Å². The lowest BCUT2D eigenvalue weighted by molar-refractivity contribution is -0.117. The fourth-order valence-corrected chi connectivity index (χ4v) is 6.39. The van der Waals surface area contributed by atoms with Crippen LogP contribution in [-0.4, -0.2) is 170 Å². The topological polar surface area (TPSA) is 177 Å². The third-order valence-corrected chi connectivity index (χ3v) is 9.45. The number of hydrogen-bond acceptors (Lipinski definition) is 15. The smallest absolute Gasteiger partial charge is 0.224 e. The number of rotatable bonds is 39. The van der Waals surface area contributed by atoms with E-state index in [-0.39, 0.29) is 23.8 Å². The molecule has 1 aliphatic heterocycles. The standard InChI is InChI=1S/C44H70ClN3O13/c1-36-34-42(47-40-8-6-39(45)7-9-40)41-35-38(5-10-43(41)48(36)37(2)49)44(50)4-3-12-51-14-16-53-18-20-55-22-24-57-26-28-59-30-32-61-33-31-60-29-27-58-25-23-56-21-19-54-17-15-52-13-11-46/h5-10,35-36,42,47H,3-4,11-34,46H2,1-2H3/t36-,42+/m0/s1. The summed E-state index contributed by atoms with van der Waals surface area (Å²) < 4.78 is 60.3. The van der Waals surface area contributed by atoms with Crippen LogP contribution in [0.1, 0.15) is 55.1 Å². The Morgan fingerprint density at radius 3 is 1.39 bits per heavy atom. The number of anilines is 2. The first-order chi connectivity index (χ1) is 29.9. The Bertz CT molecular complexity index is 1430. The minimum absolute atomic E-state index is 0.00432. The average Bonchev–Trinajstić information content (AvgIpc) is 3.25. The maximum atomic E-state index is 13.1. The van der Waals surface area contributed by atoms with Crippen molar-refractivity contribution in [3.63, 3.8) is 0 Å². The second-order valence-electron chi connectivity index (χ2n) is 14.0. The molecule has 1 heterocycles. The van der Waals surface area contributed by atoms with Crippen LogP contribution in [-0.2, 0) is 56.9 Å². The molecule has 0 aliphatic carbocycles. The first-order valence-electron chi connectivity index (χ1n) is 21.4. The summed E-state index contributed by atoms with van der Waals surface area (Å²) in [5.41, 5.74) is 8.65. The molecule has 2 atom stereocenters. The summed E-state index contributed by atoms with van der Waals surface area (Å²) in [6, 6.07) is 13.1. The van der Waals surface area contributed by atoms with E-state index in [1.165, 1.54) is 0 Å². The number of fused-ring (bicyclic) bond motifs is 1. The van der Waals surface area contributed by atoms with Gasteiger partial charge in [0, 0.05) is 54.5 Å². The number of nitrogens with two attached hydrogens (primary N) is 1. The third kappa shape index (κ3) is 24.0. The Hall–Kier alpha value is -2.81. The SMILES string of the molecule is CC(=O)N1c2ccc(C(=O)CCCOCCOCCOCCOCCOCCOCCOCCOCCOCCOCCOCCN)cc2[C@H](Nc2ccc(Cl)cc2)C[C@@H]1C. The number of Topliss-reactive ketones (excluding diaryl/α,β-unsaturated/α-hetero) is 1. The van der Waals surface area contributed by atoms with Gasteiger partial charge in [0.2, 0.25) is 5.91 Å². The molecule has 1 aliphatic rings. The molecule has 1 amide bonds. The van der Waals surface area contributed by atoms with Crippen molar-refractivity contribution >= 4 is 34.7 Å². The molecule has 3 rings (SSSR count). The van der Waals surface area contributed by atoms with Gasteiger partial charge in [-0.2, -0.15) is 0 Å². The Balaban J connectivity index is 1.06. The Morgan fingerprint density at radius 1 is 0.607 bits per heavy atom. The average molecular weight is 885 g/mol. The van der Waals surface area contributed by atoms with Crippen molar-refractivity contribution in [3.05, 3.63) is 58.6 Å². The van der Waals surface area contributed by atoms with Crippen molar-refractivity contribution < 1.29 is 61.7 Å². The molecule has 0 radical (unpaired) electrons. The molecule has 0 aromatic heterocycles. The highest BCUT2D eigenvalue weighted by molar-refractivity contribution is 6.30. The molecule has 0 bridgehead atoms. The number of benzene rings is 2. The van der Waals surface area contributed by atoms with Crippen molar-refractivity contribution in [2.24, 2.45) is 5.73 Å². The number of ether oxygens (including phenoxy) is 11. The van der Waals surface area contributed by atoms with Crippen LogP contribution < -0.4 is 16.0 Å². The highest BCUT2D eigenvalue weighted by Gasteiger charge is 2.33. The van der Waals surface area contributed by atoms with Crippen LogP contribution in [0.15, 0.2) is 42.5 Å². The van der Waals surface area contributed by atoms with Crippen LogP contribution in [0.25, 0.3) is 0 Å². The summed E-state index contributed by atoms with van der Waals surface area (Å²) in [7, 11) is 0. The molecule has 0 fully saturated rings. The monoisotopic (exact) mass is 883 g/mol. The predicted molar refractivity (Wildman–Crippen MR) is 233 cm³/mol.